The molecule has 2 nitrogen and oxygen atoms in total. The van der Waals surface area contributed by atoms with E-state index in [4.69, 9.17) is 17.3 Å². The standard InChI is InChI=1S/C16H27ClN2/c1-6-14(18)15(19(5)16(3,4)7-2)12-10-8-9-11-13(12)17/h8-11,14-15H,6-7,18H2,1-5H3. The van der Waals surface area contributed by atoms with E-state index in [1.54, 1.807) is 0 Å². The summed E-state index contributed by atoms with van der Waals surface area (Å²) in [5.74, 6) is 0. The van der Waals surface area contributed by atoms with Crippen LogP contribution in [0.15, 0.2) is 24.3 Å². The highest BCUT2D eigenvalue weighted by atomic mass is 35.5. The van der Waals surface area contributed by atoms with Gasteiger partial charge in [0, 0.05) is 16.6 Å². The molecular formula is C16H27ClN2. The van der Waals surface area contributed by atoms with Gasteiger partial charge in [0.1, 0.15) is 0 Å². The third-order valence-electron chi connectivity index (χ3n) is 4.34. The number of hydrogen-bond acceptors (Lipinski definition) is 2. The maximum atomic E-state index is 6.38. The summed E-state index contributed by atoms with van der Waals surface area (Å²) in [4.78, 5) is 2.36. The van der Waals surface area contributed by atoms with Crippen molar-refractivity contribution < 1.29 is 0 Å². The van der Waals surface area contributed by atoms with Crippen molar-refractivity contribution in [3.63, 3.8) is 0 Å². The largest absolute Gasteiger partial charge is 0.326 e. The van der Waals surface area contributed by atoms with E-state index in [-0.39, 0.29) is 17.6 Å². The average molecular weight is 283 g/mol. The minimum Gasteiger partial charge on any atom is -0.326 e. The van der Waals surface area contributed by atoms with Crippen LogP contribution < -0.4 is 5.73 Å². The molecule has 0 heterocycles. The first-order valence-electron chi connectivity index (χ1n) is 7.08. The molecule has 0 bridgehead atoms. The fraction of sp³-hybridized carbons (Fsp3) is 0.625. The van der Waals surface area contributed by atoms with Gasteiger partial charge in [-0.3, -0.25) is 4.90 Å². The molecule has 0 radical (unpaired) electrons. The topological polar surface area (TPSA) is 29.3 Å². The summed E-state index contributed by atoms with van der Waals surface area (Å²) in [5, 5.41) is 0.801. The SMILES string of the molecule is CCC(N)C(c1ccccc1Cl)N(C)C(C)(C)CC. The van der Waals surface area contributed by atoms with Crippen LogP contribution in [0.5, 0.6) is 0 Å². The number of benzene rings is 1. The Morgan fingerprint density at radius 1 is 1.26 bits per heavy atom. The number of nitrogens with two attached hydrogens (primary N) is 1. The molecule has 0 aliphatic carbocycles. The number of halogens is 1. The maximum absolute atomic E-state index is 6.38. The lowest BCUT2D eigenvalue weighted by molar-refractivity contribution is 0.0807. The van der Waals surface area contributed by atoms with Gasteiger partial charge < -0.3 is 5.73 Å². The third kappa shape index (κ3) is 3.71. The molecule has 0 saturated heterocycles. The van der Waals surface area contributed by atoms with Crippen molar-refractivity contribution in [2.75, 3.05) is 7.05 Å². The molecule has 0 aliphatic rings. The number of rotatable bonds is 6. The average Bonchev–Trinajstić information content (AvgIpc) is 2.40. The van der Waals surface area contributed by atoms with Gasteiger partial charge >= 0.3 is 0 Å². The van der Waals surface area contributed by atoms with Crippen LogP contribution in [0.4, 0.5) is 0 Å². The second-order valence-electron chi connectivity index (χ2n) is 5.82. The molecule has 1 rings (SSSR count). The normalized spacial score (nSPS) is 15.6. The van der Waals surface area contributed by atoms with E-state index in [1.165, 1.54) is 0 Å². The summed E-state index contributed by atoms with van der Waals surface area (Å²) in [6, 6.07) is 8.25. The Kier molecular flexibility index (Phi) is 5.84. The molecule has 2 atom stereocenters. The van der Waals surface area contributed by atoms with Crippen molar-refractivity contribution in [2.24, 2.45) is 5.73 Å². The van der Waals surface area contributed by atoms with Crippen LogP contribution in [0.1, 0.15) is 52.1 Å². The summed E-state index contributed by atoms with van der Waals surface area (Å²) in [7, 11) is 2.15. The molecule has 108 valence electrons. The minimum absolute atomic E-state index is 0.0794. The van der Waals surface area contributed by atoms with E-state index in [0.29, 0.717) is 0 Å². The van der Waals surface area contributed by atoms with Crippen LogP contribution in [0.25, 0.3) is 0 Å². The Hall–Kier alpha value is -0.570. The summed E-state index contributed by atoms with van der Waals surface area (Å²) in [5.41, 5.74) is 7.59. The Morgan fingerprint density at radius 2 is 1.84 bits per heavy atom. The fourth-order valence-corrected chi connectivity index (χ4v) is 2.54. The van der Waals surface area contributed by atoms with E-state index < -0.39 is 0 Å². The van der Waals surface area contributed by atoms with Gasteiger partial charge in [-0.25, -0.2) is 0 Å². The summed E-state index contributed by atoms with van der Waals surface area (Å²) >= 11 is 6.38. The van der Waals surface area contributed by atoms with Gasteiger partial charge in [-0.15, -0.1) is 0 Å². The van der Waals surface area contributed by atoms with Crippen molar-refractivity contribution in [1.29, 1.82) is 0 Å². The quantitative estimate of drug-likeness (QED) is 0.846. The molecule has 0 aliphatic heterocycles. The lowest BCUT2D eigenvalue weighted by Gasteiger charge is -2.43. The molecule has 0 saturated carbocycles. The van der Waals surface area contributed by atoms with Crippen molar-refractivity contribution in [2.45, 2.75) is 58.2 Å². The zero-order valence-corrected chi connectivity index (χ0v) is 13.5. The van der Waals surface area contributed by atoms with Crippen LogP contribution in [0.2, 0.25) is 5.02 Å². The highest BCUT2D eigenvalue weighted by molar-refractivity contribution is 6.31. The molecule has 19 heavy (non-hydrogen) atoms. The smallest absolute Gasteiger partial charge is 0.0516 e. The molecule has 0 spiro atoms. The molecule has 0 fully saturated rings. The fourth-order valence-electron chi connectivity index (χ4n) is 2.29. The summed E-state index contributed by atoms with van der Waals surface area (Å²) in [6.45, 7) is 8.83. The Bertz CT molecular complexity index is 403. The van der Waals surface area contributed by atoms with E-state index in [0.717, 1.165) is 23.4 Å². The zero-order valence-electron chi connectivity index (χ0n) is 12.8. The predicted molar refractivity (Wildman–Crippen MR) is 84.6 cm³/mol. The monoisotopic (exact) mass is 282 g/mol. The van der Waals surface area contributed by atoms with E-state index in [1.807, 2.05) is 18.2 Å². The molecule has 2 N–H and O–H groups in total. The van der Waals surface area contributed by atoms with E-state index in [2.05, 4.69) is 45.7 Å². The molecular weight excluding hydrogens is 256 g/mol. The first-order chi connectivity index (χ1) is 8.85. The van der Waals surface area contributed by atoms with Gasteiger partial charge in [-0.2, -0.15) is 0 Å². The van der Waals surface area contributed by atoms with Crippen LogP contribution in [0, 0.1) is 0 Å². The molecule has 1 aromatic rings. The molecule has 1 aromatic carbocycles. The van der Waals surface area contributed by atoms with Crippen molar-refractivity contribution in [3.8, 4) is 0 Å². The zero-order chi connectivity index (χ0) is 14.6. The molecule has 0 amide bonds. The van der Waals surface area contributed by atoms with Crippen molar-refractivity contribution in [1.82, 2.24) is 4.90 Å². The van der Waals surface area contributed by atoms with Gasteiger partial charge in [0.05, 0.1) is 6.04 Å². The molecule has 2 unspecified atom stereocenters. The highest BCUT2D eigenvalue weighted by Crippen LogP contribution is 2.34. The second-order valence-corrected chi connectivity index (χ2v) is 6.22. The van der Waals surface area contributed by atoms with Crippen LogP contribution in [-0.2, 0) is 0 Å². The number of likely N-dealkylation sites (N-methyl/N-ethyl adjacent to an activating group) is 1. The Morgan fingerprint density at radius 3 is 2.32 bits per heavy atom. The maximum Gasteiger partial charge on any atom is 0.0516 e. The van der Waals surface area contributed by atoms with E-state index in [9.17, 15) is 0 Å². The lowest BCUT2D eigenvalue weighted by atomic mass is 9.90. The van der Waals surface area contributed by atoms with Crippen molar-refractivity contribution >= 4 is 11.6 Å². The number of hydrogen-bond donors (Lipinski definition) is 1. The Labute approximate surface area is 122 Å². The molecule has 3 heteroatoms. The van der Waals surface area contributed by atoms with Gasteiger partial charge in [-0.1, -0.05) is 43.6 Å². The first kappa shape index (κ1) is 16.5. The van der Waals surface area contributed by atoms with Crippen molar-refractivity contribution in [3.05, 3.63) is 34.9 Å². The van der Waals surface area contributed by atoms with Gasteiger partial charge in [0.15, 0.2) is 0 Å². The number of nitrogens with zero attached hydrogens (tertiary/aromatic N) is 1. The molecule has 0 aromatic heterocycles. The Balaban J connectivity index is 3.20. The minimum atomic E-state index is 0.0794. The predicted octanol–water partition coefficient (Wildman–Crippen LogP) is 4.24. The first-order valence-corrected chi connectivity index (χ1v) is 7.45. The van der Waals surface area contributed by atoms with Crippen LogP contribution >= 0.6 is 11.6 Å². The van der Waals surface area contributed by atoms with Gasteiger partial charge in [0.2, 0.25) is 0 Å². The highest BCUT2D eigenvalue weighted by Gasteiger charge is 2.33. The second kappa shape index (κ2) is 6.74. The van der Waals surface area contributed by atoms with E-state index >= 15 is 0 Å². The van der Waals surface area contributed by atoms with Crippen LogP contribution in [0.3, 0.4) is 0 Å². The summed E-state index contributed by atoms with van der Waals surface area (Å²) in [6.07, 6.45) is 2.00. The van der Waals surface area contributed by atoms with Gasteiger partial charge in [0.25, 0.3) is 0 Å². The lowest BCUT2D eigenvalue weighted by Crippen LogP contribution is -2.49. The van der Waals surface area contributed by atoms with Gasteiger partial charge in [-0.05, 0) is 45.4 Å². The summed E-state index contributed by atoms with van der Waals surface area (Å²) < 4.78 is 0. The van der Waals surface area contributed by atoms with Crippen LogP contribution in [-0.4, -0.2) is 23.5 Å². The third-order valence-corrected chi connectivity index (χ3v) is 4.68.